The molecule has 0 saturated carbocycles. The number of nitrogens with zero attached hydrogens (tertiary/aromatic N) is 2. The van der Waals surface area contributed by atoms with Gasteiger partial charge in [-0.05, 0) is 66.9 Å². The van der Waals surface area contributed by atoms with Crippen LogP contribution in [0.3, 0.4) is 0 Å². The first-order valence-electron chi connectivity index (χ1n) is 5.67. The number of anilines is 2. The molecule has 4 heteroatoms. The third-order valence-corrected chi connectivity index (χ3v) is 4.21. The molecule has 0 aliphatic heterocycles. The van der Waals surface area contributed by atoms with E-state index in [1.165, 1.54) is 22.1 Å². The van der Waals surface area contributed by atoms with E-state index < -0.39 is 0 Å². The molecule has 0 saturated heterocycles. The molecule has 2 aromatic rings. The first kappa shape index (κ1) is 13.7. The van der Waals surface area contributed by atoms with Crippen LogP contribution in [-0.2, 0) is 0 Å². The molecule has 0 spiro atoms. The van der Waals surface area contributed by atoms with Gasteiger partial charge in [0.1, 0.15) is 0 Å². The van der Waals surface area contributed by atoms with Gasteiger partial charge in [0, 0.05) is 37.1 Å². The van der Waals surface area contributed by atoms with Crippen LogP contribution >= 0.6 is 31.9 Å². The highest BCUT2D eigenvalue weighted by atomic mass is 79.9. The van der Waals surface area contributed by atoms with Crippen molar-refractivity contribution in [1.29, 1.82) is 0 Å². The molecule has 0 amide bonds. The lowest BCUT2D eigenvalue weighted by molar-refractivity contribution is 1.12. The Bertz CT molecular complexity index is 543. The highest BCUT2D eigenvalue weighted by Crippen LogP contribution is 2.35. The summed E-state index contributed by atoms with van der Waals surface area (Å²) in [5, 5.41) is 2.47. The average Bonchev–Trinajstić information content (AvgIpc) is 2.26. The Morgan fingerprint density at radius 3 is 1.33 bits per heavy atom. The van der Waals surface area contributed by atoms with E-state index in [-0.39, 0.29) is 0 Å². The third kappa shape index (κ3) is 2.50. The maximum Gasteiger partial charge on any atom is 0.0511 e. The van der Waals surface area contributed by atoms with E-state index >= 15 is 0 Å². The van der Waals surface area contributed by atoms with Gasteiger partial charge in [0.15, 0.2) is 0 Å². The van der Waals surface area contributed by atoms with Gasteiger partial charge in [-0.3, -0.25) is 0 Å². The highest BCUT2D eigenvalue weighted by molar-refractivity contribution is 9.11. The minimum absolute atomic E-state index is 1.12. The molecule has 0 aliphatic rings. The number of fused-ring (bicyclic) bond motifs is 1. The predicted molar refractivity (Wildman–Crippen MR) is 88.0 cm³/mol. The molecule has 0 fully saturated rings. The first-order valence-corrected chi connectivity index (χ1v) is 7.26. The average molecular weight is 372 g/mol. The topological polar surface area (TPSA) is 6.48 Å². The fourth-order valence-electron chi connectivity index (χ4n) is 1.96. The van der Waals surface area contributed by atoms with Crippen molar-refractivity contribution < 1.29 is 0 Å². The fraction of sp³-hybridized carbons (Fsp3) is 0.286. The third-order valence-electron chi connectivity index (χ3n) is 2.94. The second-order valence-corrected chi connectivity index (χ2v) is 6.45. The molecule has 0 atom stereocenters. The van der Waals surface area contributed by atoms with Gasteiger partial charge >= 0.3 is 0 Å². The molecule has 0 radical (unpaired) electrons. The minimum atomic E-state index is 1.12. The van der Waals surface area contributed by atoms with Crippen LogP contribution in [0.15, 0.2) is 33.2 Å². The van der Waals surface area contributed by atoms with Crippen molar-refractivity contribution >= 4 is 54.0 Å². The summed E-state index contributed by atoms with van der Waals surface area (Å²) in [5.41, 5.74) is 2.38. The van der Waals surface area contributed by atoms with Crippen molar-refractivity contribution in [1.82, 2.24) is 0 Å². The van der Waals surface area contributed by atoms with E-state index in [0.29, 0.717) is 0 Å². The smallest absolute Gasteiger partial charge is 0.0511 e. The molecule has 0 unspecified atom stereocenters. The minimum Gasteiger partial charge on any atom is -0.377 e. The lowest BCUT2D eigenvalue weighted by Crippen LogP contribution is -2.10. The van der Waals surface area contributed by atoms with E-state index in [9.17, 15) is 0 Å². The largest absolute Gasteiger partial charge is 0.377 e. The van der Waals surface area contributed by atoms with Crippen LogP contribution in [0, 0.1) is 0 Å². The number of halogens is 2. The normalized spacial score (nSPS) is 10.8. The monoisotopic (exact) mass is 370 g/mol. The summed E-state index contributed by atoms with van der Waals surface area (Å²) in [6, 6.07) is 8.74. The Morgan fingerprint density at radius 2 is 1.00 bits per heavy atom. The van der Waals surface area contributed by atoms with E-state index in [1.807, 2.05) is 0 Å². The lowest BCUT2D eigenvalue weighted by atomic mass is 10.1. The summed E-state index contributed by atoms with van der Waals surface area (Å²) in [6.45, 7) is 0. The van der Waals surface area contributed by atoms with Crippen molar-refractivity contribution in [2.45, 2.75) is 0 Å². The van der Waals surface area contributed by atoms with Gasteiger partial charge in [-0.15, -0.1) is 0 Å². The summed E-state index contributed by atoms with van der Waals surface area (Å²) in [7, 11) is 8.21. The van der Waals surface area contributed by atoms with Crippen molar-refractivity contribution in [3.8, 4) is 0 Å². The molecule has 0 aliphatic carbocycles. The van der Waals surface area contributed by atoms with Crippen LogP contribution in [0.2, 0.25) is 0 Å². The van der Waals surface area contributed by atoms with Crippen LogP contribution in [0.5, 0.6) is 0 Å². The Balaban J connectivity index is 2.71. The van der Waals surface area contributed by atoms with Gasteiger partial charge < -0.3 is 9.80 Å². The van der Waals surface area contributed by atoms with Crippen LogP contribution in [0.4, 0.5) is 11.4 Å². The quantitative estimate of drug-likeness (QED) is 0.766. The Morgan fingerprint density at radius 1 is 0.667 bits per heavy atom. The van der Waals surface area contributed by atoms with Gasteiger partial charge in [0.05, 0.1) is 11.4 Å². The zero-order chi connectivity index (χ0) is 13.4. The maximum absolute atomic E-state index is 3.62. The van der Waals surface area contributed by atoms with E-state index in [0.717, 1.165) is 8.95 Å². The molecular weight excluding hydrogens is 356 g/mol. The lowest BCUT2D eigenvalue weighted by Gasteiger charge is -2.18. The van der Waals surface area contributed by atoms with E-state index in [4.69, 9.17) is 0 Å². The SMILES string of the molecule is CN(C)c1cc2cc(N(C)C)c(Br)cc2cc1Br. The number of rotatable bonds is 2. The van der Waals surface area contributed by atoms with Crippen LogP contribution in [0.25, 0.3) is 10.8 Å². The Kier molecular flexibility index (Phi) is 3.87. The second-order valence-electron chi connectivity index (χ2n) is 4.74. The van der Waals surface area contributed by atoms with Crippen molar-refractivity contribution in [2.75, 3.05) is 38.0 Å². The van der Waals surface area contributed by atoms with E-state index in [1.54, 1.807) is 0 Å². The second kappa shape index (κ2) is 5.10. The predicted octanol–water partition coefficient (Wildman–Crippen LogP) is 4.50. The summed E-state index contributed by atoms with van der Waals surface area (Å²) in [5.74, 6) is 0. The maximum atomic E-state index is 3.62. The molecule has 0 N–H and O–H groups in total. The molecular formula is C14H16Br2N2. The zero-order valence-electron chi connectivity index (χ0n) is 11.0. The molecule has 0 bridgehead atoms. The van der Waals surface area contributed by atoms with Crippen molar-refractivity contribution in [3.63, 3.8) is 0 Å². The van der Waals surface area contributed by atoms with E-state index in [2.05, 4.69) is 94.1 Å². The van der Waals surface area contributed by atoms with Gasteiger partial charge in [0.2, 0.25) is 0 Å². The van der Waals surface area contributed by atoms with Crippen LogP contribution < -0.4 is 9.80 Å². The van der Waals surface area contributed by atoms with Crippen LogP contribution in [0.1, 0.15) is 0 Å². The summed E-state index contributed by atoms with van der Waals surface area (Å²) >= 11 is 7.25. The molecule has 2 aromatic carbocycles. The standard InChI is InChI=1S/C14H16Br2N2/c1-17(2)13-7-10-8-14(18(3)4)12(16)6-9(10)5-11(13)15/h5-8H,1-4H3. The molecule has 2 nitrogen and oxygen atoms in total. The number of benzene rings is 2. The molecule has 0 heterocycles. The summed E-state index contributed by atoms with van der Waals surface area (Å²) in [4.78, 5) is 4.22. The van der Waals surface area contributed by atoms with Crippen molar-refractivity contribution in [2.24, 2.45) is 0 Å². The van der Waals surface area contributed by atoms with Crippen molar-refractivity contribution in [3.05, 3.63) is 33.2 Å². The highest BCUT2D eigenvalue weighted by Gasteiger charge is 2.09. The van der Waals surface area contributed by atoms with Gasteiger partial charge in [-0.1, -0.05) is 0 Å². The fourth-order valence-corrected chi connectivity index (χ4v) is 3.39. The Hall–Kier alpha value is -0.740. The zero-order valence-corrected chi connectivity index (χ0v) is 14.1. The molecule has 2 rings (SSSR count). The van der Waals surface area contributed by atoms with Gasteiger partial charge in [-0.25, -0.2) is 0 Å². The number of hydrogen-bond donors (Lipinski definition) is 0. The van der Waals surface area contributed by atoms with Gasteiger partial charge in [0.25, 0.3) is 0 Å². The molecule has 0 aromatic heterocycles. The van der Waals surface area contributed by atoms with Gasteiger partial charge in [-0.2, -0.15) is 0 Å². The Labute approximate surface area is 125 Å². The summed E-state index contributed by atoms with van der Waals surface area (Å²) in [6.07, 6.45) is 0. The molecule has 18 heavy (non-hydrogen) atoms. The first-order chi connectivity index (χ1) is 8.40. The van der Waals surface area contributed by atoms with Crippen LogP contribution in [-0.4, -0.2) is 28.2 Å². The molecule has 96 valence electrons. The number of hydrogen-bond acceptors (Lipinski definition) is 2. The summed E-state index contributed by atoms with van der Waals surface area (Å²) < 4.78 is 2.23.